The van der Waals surface area contributed by atoms with Crippen LogP contribution in [0, 0.1) is 11.6 Å². The van der Waals surface area contributed by atoms with Gasteiger partial charge in [-0.3, -0.25) is 4.98 Å². The van der Waals surface area contributed by atoms with Crippen molar-refractivity contribution in [3.05, 3.63) is 77.2 Å². The number of halogens is 2. The number of fused-ring (bicyclic) bond motifs is 1. The van der Waals surface area contributed by atoms with E-state index in [2.05, 4.69) is 27.1 Å². The molecular formula is C26H25F2N5O2. The van der Waals surface area contributed by atoms with Gasteiger partial charge in [0, 0.05) is 12.1 Å². The molecule has 7 nitrogen and oxygen atoms in total. The number of hydrogen-bond acceptors (Lipinski definition) is 7. The van der Waals surface area contributed by atoms with Gasteiger partial charge in [0.15, 0.2) is 0 Å². The van der Waals surface area contributed by atoms with Crippen LogP contribution in [0.1, 0.15) is 74.5 Å². The quantitative estimate of drug-likeness (QED) is 0.404. The van der Waals surface area contributed by atoms with Gasteiger partial charge in [-0.05, 0) is 55.9 Å². The number of rotatable bonds is 5. The van der Waals surface area contributed by atoms with Gasteiger partial charge in [-0.2, -0.15) is 5.10 Å². The third-order valence-corrected chi connectivity index (χ3v) is 6.80. The first-order chi connectivity index (χ1) is 16.8. The summed E-state index contributed by atoms with van der Waals surface area (Å²) in [4.78, 5) is 13.5. The maximum atomic E-state index is 14.4. The van der Waals surface area contributed by atoms with E-state index in [-0.39, 0.29) is 29.0 Å². The van der Waals surface area contributed by atoms with Gasteiger partial charge in [0.25, 0.3) is 0 Å². The minimum atomic E-state index is -1.10. The van der Waals surface area contributed by atoms with E-state index < -0.39 is 17.2 Å². The smallest absolute Gasteiger partial charge is 0.247 e. The molecule has 1 aliphatic carbocycles. The van der Waals surface area contributed by atoms with Crippen LogP contribution in [-0.4, -0.2) is 30.3 Å². The van der Waals surface area contributed by atoms with E-state index in [0.29, 0.717) is 23.5 Å². The molecular weight excluding hydrogens is 452 g/mol. The summed E-state index contributed by atoms with van der Waals surface area (Å²) in [5, 5.41) is 19.1. The van der Waals surface area contributed by atoms with Gasteiger partial charge >= 0.3 is 0 Å². The number of benzene rings is 1. The third-order valence-electron chi connectivity index (χ3n) is 6.80. The molecule has 0 aliphatic heterocycles. The molecule has 1 unspecified atom stereocenters. The van der Waals surface area contributed by atoms with Gasteiger partial charge in [0.2, 0.25) is 5.89 Å². The zero-order valence-electron chi connectivity index (χ0n) is 19.7. The molecule has 1 aliphatic rings. The first kappa shape index (κ1) is 23.2. The summed E-state index contributed by atoms with van der Waals surface area (Å²) in [7, 11) is 0. The Morgan fingerprint density at radius 3 is 2.60 bits per heavy atom. The van der Waals surface area contributed by atoms with Crippen molar-refractivity contribution in [2.75, 3.05) is 0 Å². The molecule has 3 atom stereocenters. The SMILES string of the molecule is CC[C@](C)(O)c1coc(-c2cncc(C3CC[C@H](C)c4cc(-c5c(F)cccc5F)nnc43)n2)n1. The van der Waals surface area contributed by atoms with Crippen molar-refractivity contribution >= 4 is 0 Å². The average Bonchev–Trinajstić information content (AvgIpc) is 3.36. The van der Waals surface area contributed by atoms with E-state index in [1.807, 2.05) is 6.92 Å². The molecule has 180 valence electrons. The van der Waals surface area contributed by atoms with Crippen molar-refractivity contribution < 1.29 is 18.3 Å². The normalized spacial score (nSPS) is 19.3. The summed E-state index contributed by atoms with van der Waals surface area (Å²) in [5.74, 6) is -1.12. The summed E-state index contributed by atoms with van der Waals surface area (Å²) >= 11 is 0. The Balaban J connectivity index is 1.52. The molecule has 4 aromatic rings. The lowest BCUT2D eigenvalue weighted by Gasteiger charge is -2.28. The molecule has 0 spiro atoms. The third kappa shape index (κ3) is 4.20. The molecule has 35 heavy (non-hydrogen) atoms. The van der Waals surface area contributed by atoms with Gasteiger partial charge in [0.05, 0.1) is 28.8 Å². The van der Waals surface area contributed by atoms with Crippen molar-refractivity contribution in [2.24, 2.45) is 0 Å². The fourth-order valence-electron chi connectivity index (χ4n) is 4.41. The summed E-state index contributed by atoms with van der Waals surface area (Å²) in [5.41, 5.74) is 2.05. The highest BCUT2D eigenvalue weighted by atomic mass is 19.1. The van der Waals surface area contributed by atoms with Crippen LogP contribution in [0.4, 0.5) is 8.78 Å². The lowest BCUT2D eigenvalue weighted by atomic mass is 9.79. The Morgan fingerprint density at radius 2 is 1.86 bits per heavy atom. The van der Waals surface area contributed by atoms with Gasteiger partial charge < -0.3 is 9.52 Å². The fourth-order valence-corrected chi connectivity index (χ4v) is 4.41. The molecule has 3 heterocycles. The Labute approximate surface area is 201 Å². The van der Waals surface area contributed by atoms with Crippen LogP contribution in [0.5, 0.6) is 0 Å². The van der Waals surface area contributed by atoms with Crippen LogP contribution in [0.2, 0.25) is 0 Å². The van der Waals surface area contributed by atoms with E-state index in [9.17, 15) is 13.9 Å². The van der Waals surface area contributed by atoms with Crippen LogP contribution < -0.4 is 0 Å². The monoisotopic (exact) mass is 477 g/mol. The lowest BCUT2D eigenvalue weighted by Crippen LogP contribution is -2.20. The molecule has 1 aromatic carbocycles. The minimum Gasteiger partial charge on any atom is -0.443 e. The van der Waals surface area contributed by atoms with Crippen molar-refractivity contribution in [1.29, 1.82) is 0 Å². The van der Waals surface area contributed by atoms with E-state index in [1.165, 1.54) is 24.5 Å². The first-order valence-electron chi connectivity index (χ1n) is 11.6. The standard InChI is InChI=1S/C26H25F2N5O2/c1-4-26(3,34)22-13-35-25(31-22)21-12-29-11-20(30-21)15-9-8-14(2)16-10-19(32-33-24(15)16)23-17(27)6-5-7-18(23)28/h5-7,10-15,34H,4,8-9H2,1-3H3/t14-,15?,26-/m0/s1. The number of hydrogen-bond donors (Lipinski definition) is 1. The molecule has 1 N–H and O–H groups in total. The maximum absolute atomic E-state index is 14.4. The van der Waals surface area contributed by atoms with E-state index in [0.717, 1.165) is 24.1 Å². The number of oxazole rings is 1. The molecule has 3 aromatic heterocycles. The van der Waals surface area contributed by atoms with Crippen molar-refractivity contribution in [3.8, 4) is 22.8 Å². The highest BCUT2D eigenvalue weighted by molar-refractivity contribution is 5.62. The number of nitrogens with zero attached hydrogens (tertiary/aromatic N) is 5. The Bertz CT molecular complexity index is 1370. The predicted octanol–water partition coefficient (Wildman–Crippen LogP) is 5.51. The molecule has 0 saturated carbocycles. The Morgan fingerprint density at radius 1 is 1.09 bits per heavy atom. The fraction of sp³-hybridized carbons (Fsp3) is 0.346. The summed E-state index contributed by atoms with van der Waals surface area (Å²) in [6, 6.07) is 5.47. The van der Waals surface area contributed by atoms with Gasteiger partial charge in [-0.25, -0.2) is 18.7 Å². The highest BCUT2D eigenvalue weighted by Crippen LogP contribution is 2.41. The van der Waals surface area contributed by atoms with E-state index in [4.69, 9.17) is 9.40 Å². The molecule has 0 radical (unpaired) electrons. The number of aliphatic hydroxyl groups is 1. The molecule has 0 bridgehead atoms. The van der Waals surface area contributed by atoms with Crippen molar-refractivity contribution in [2.45, 2.75) is 57.5 Å². The van der Waals surface area contributed by atoms with Gasteiger partial charge in [-0.1, -0.05) is 19.9 Å². The van der Waals surface area contributed by atoms with Crippen LogP contribution in [0.15, 0.2) is 47.3 Å². The second kappa shape index (κ2) is 8.88. The average molecular weight is 478 g/mol. The lowest BCUT2D eigenvalue weighted by molar-refractivity contribution is 0.0485. The summed E-state index contributed by atoms with van der Waals surface area (Å²) in [6.07, 6.45) is 6.76. The second-order valence-corrected chi connectivity index (χ2v) is 9.19. The van der Waals surface area contributed by atoms with Crippen molar-refractivity contribution in [1.82, 2.24) is 25.1 Å². The maximum Gasteiger partial charge on any atom is 0.247 e. The molecule has 0 fully saturated rings. The molecule has 0 amide bonds. The van der Waals surface area contributed by atoms with Gasteiger partial charge in [-0.15, -0.1) is 5.10 Å². The largest absolute Gasteiger partial charge is 0.443 e. The van der Waals surface area contributed by atoms with Crippen LogP contribution >= 0.6 is 0 Å². The van der Waals surface area contributed by atoms with Crippen molar-refractivity contribution in [3.63, 3.8) is 0 Å². The van der Waals surface area contributed by atoms with Crippen LogP contribution in [0.25, 0.3) is 22.8 Å². The summed E-state index contributed by atoms with van der Waals surface area (Å²) < 4.78 is 34.3. The molecule has 5 rings (SSSR count). The minimum absolute atomic E-state index is 0.145. The van der Waals surface area contributed by atoms with E-state index in [1.54, 1.807) is 25.4 Å². The first-order valence-corrected chi connectivity index (χ1v) is 11.6. The zero-order chi connectivity index (χ0) is 24.7. The Hall–Kier alpha value is -3.59. The van der Waals surface area contributed by atoms with E-state index >= 15 is 0 Å². The highest BCUT2D eigenvalue weighted by Gasteiger charge is 2.31. The van der Waals surface area contributed by atoms with Crippen LogP contribution in [-0.2, 0) is 5.60 Å². The predicted molar refractivity (Wildman–Crippen MR) is 124 cm³/mol. The van der Waals surface area contributed by atoms with Crippen LogP contribution in [0.3, 0.4) is 0 Å². The number of aromatic nitrogens is 5. The topological polar surface area (TPSA) is 97.8 Å². The second-order valence-electron chi connectivity index (χ2n) is 9.19. The zero-order valence-corrected chi connectivity index (χ0v) is 19.7. The summed E-state index contributed by atoms with van der Waals surface area (Å²) in [6.45, 7) is 5.61. The molecule has 0 saturated heterocycles. The molecule has 9 heteroatoms. The van der Waals surface area contributed by atoms with Gasteiger partial charge in [0.1, 0.15) is 34.9 Å². The Kier molecular flexibility index (Phi) is 5.88.